The highest BCUT2D eigenvalue weighted by molar-refractivity contribution is 5.99. The third kappa shape index (κ3) is 9.14. The summed E-state index contributed by atoms with van der Waals surface area (Å²) < 4.78 is 0. The molecule has 1 aliphatic carbocycles. The number of aliphatic imine (C=N–C) groups is 1. The molecule has 236 valence electrons. The Balaban J connectivity index is 1.46. The molecule has 0 spiro atoms. The summed E-state index contributed by atoms with van der Waals surface area (Å²) in [7, 11) is 0. The van der Waals surface area contributed by atoms with Gasteiger partial charge in [0.05, 0.1) is 5.70 Å². The Morgan fingerprint density at radius 3 is 2.68 bits per heavy atom. The molecule has 2 heterocycles. The highest BCUT2D eigenvalue weighted by Gasteiger charge is 2.26. The van der Waals surface area contributed by atoms with Gasteiger partial charge in [-0.3, -0.25) is 4.90 Å². The monoisotopic (exact) mass is 592 g/mol. The van der Waals surface area contributed by atoms with Crippen LogP contribution in [0.3, 0.4) is 0 Å². The molecular weight excluding hydrogens is 536 g/mol. The fourth-order valence-corrected chi connectivity index (χ4v) is 7.11. The van der Waals surface area contributed by atoms with Crippen molar-refractivity contribution in [3.05, 3.63) is 99.3 Å². The van der Waals surface area contributed by atoms with Crippen molar-refractivity contribution in [3.63, 3.8) is 0 Å². The average molecular weight is 593 g/mol. The minimum atomic E-state index is 0.378. The number of amidine groups is 1. The first kappa shape index (κ1) is 33.6. The van der Waals surface area contributed by atoms with Crippen LogP contribution in [0.1, 0.15) is 110 Å². The van der Waals surface area contributed by atoms with E-state index >= 15 is 0 Å². The SMILES string of the molecule is C=C(C)/C(C=N)=C(\C)NC1=NC(c2cccc(C)c2CCCC2=CC3=C(CCC2)CN(C(C)CC(C)(C)C)CC3)=CCC=C1. The molecule has 0 radical (unpaired) electrons. The van der Waals surface area contributed by atoms with Gasteiger partial charge in [-0.2, -0.15) is 0 Å². The first-order chi connectivity index (χ1) is 20.9. The van der Waals surface area contributed by atoms with Gasteiger partial charge < -0.3 is 10.7 Å². The fraction of sp³-hybridized carbons (Fsp3) is 0.500. The first-order valence-electron chi connectivity index (χ1n) is 16.8. The molecule has 2 N–H and O–H groups in total. The van der Waals surface area contributed by atoms with Crippen molar-refractivity contribution in [1.82, 2.24) is 10.2 Å². The van der Waals surface area contributed by atoms with E-state index in [0.717, 1.165) is 54.2 Å². The van der Waals surface area contributed by atoms with Crippen molar-refractivity contribution >= 4 is 17.7 Å². The molecule has 0 aromatic heterocycles. The molecule has 4 heteroatoms. The van der Waals surface area contributed by atoms with Gasteiger partial charge in [-0.05, 0) is 119 Å². The predicted octanol–water partition coefficient (Wildman–Crippen LogP) is 10.0. The van der Waals surface area contributed by atoms with E-state index in [9.17, 15) is 0 Å². The predicted molar refractivity (Wildman–Crippen MR) is 191 cm³/mol. The van der Waals surface area contributed by atoms with Crippen LogP contribution in [0.25, 0.3) is 5.70 Å². The summed E-state index contributed by atoms with van der Waals surface area (Å²) in [5, 5.41) is 11.2. The van der Waals surface area contributed by atoms with Gasteiger partial charge in [-0.1, -0.05) is 74.9 Å². The van der Waals surface area contributed by atoms with Crippen LogP contribution in [-0.2, 0) is 6.42 Å². The second kappa shape index (κ2) is 15.2. The molecule has 0 saturated heterocycles. The van der Waals surface area contributed by atoms with Crippen LogP contribution in [0.4, 0.5) is 0 Å². The number of nitrogens with zero attached hydrogens (tertiary/aromatic N) is 2. The number of allylic oxidation sites excluding steroid dienone is 7. The van der Waals surface area contributed by atoms with Gasteiger partial charge >= 0.3 is 0 Å². The Morgan fingerprint density at radius 2 is 1.95 bits per heavy atom. The van der Waals surface area contributed by atoms with Gasteiger partial charge in [0, 0.05) is 42.2 Å². The Hall–Kier alpha value is -3.24. The second-order valence-electron chi connectivity index (χ2n) is 14.4. The average Bonchev–Trinajstić information content (AvgIpc) is 3.31. The Kier molecular flexibility index (Phi) is 11.6. The van der Waals surface area contributed by atoms with Crippen molar-refractivity contribution < 1.29 is 0 Å². The van der Waals surface area contributed by atoms with Gasteiger partial charge in [0.25, 0.3) is 0 Å². The van der Waals surface area contributed by atoms with Gasteiger partial charge in [0.2, 0.25) is 0 Å². The van der Waals surface area contributed by atoms with Crippen molar-refractivity contribution in [2.45, 2.75) is 112 Å². The van der Waals surface area contributed by atoms with Gasteiger partial charge in [-0.25, -0.2) is 4.99 Å². The summed E-state index contributed by atoms with van der Waals surface area (Å²) in [6.45, 7) is 22.1. The lowest BCUT2D eigenvalue weighted by Gasteiger charge is -2.37. The zero-order chi connectivity index (χ0) is 31.9. The molecule has 4 nitrogen and oxygen atoms in total. The Labute approximate surface area is 268 Å². The van der Waals surface area contributed by atoms with Crippen LogP contribution in [0, 0.1) is 17.7 Å². The van der Waals surface area contributed by atoms with E-state index in [1.165, 1.54) is 68.0 Å². The van der Waals surface area contributed by atoms with Crippen LogP contribution in [0.5, 0.6) is 0 Å². The third-order valence-corrected chi connectivity index (χ3v) is 9.30. The molecule has 3 aliphatic rings. The molecule has 1 atom stereocenters. The number of benzene rings is 1. The minimum absolute atomic E-state index is 0.378. The molecule has 1 aromatic rings. The molecule has 2 aliphatic heterocycles. The van der Waals surface area contributed by atoms with Crippen LogP contribution < -0.4 is 5.32 Å². The Morgan fingerprint density at radius 1 is 1.16 bits per heavy atom. The van der Waals surface area contributed by atoms with Crippen LogP contribution in [-0.4, -0.2) is 36.1 Å². The zero-order valence-corrected chi connectivity index (χ0v) is 28.6. The molecule has 4 rings (SSSR count). The molecular formula is C40H56N4. The fourth-order valence-electron chi connectivity index (χ4n) is 7.11. The van der Waals surface area contributed by atoms with Crippen molar-refractivity contribution in [1.29, 1.82) is 5.41 Å². The van der Waals surface area contributed by atoms with Crippen LogP contribution in [0.15, 0.2) is 87.6 Å². The van der Waals surface area contributed by atoms with E-state index in [1.54, 1.807) is 16.7 Å². The number of rotatable bonds is 10. The zero-order valence-electron chi connectivity index (χ0n) is 28.6. The van der Waals surface area contributed by atoms with Crippen LogP contribution >= 0.6 is 0 Å². The maximum absolute atomic E-state index is 7.79. The lowest BCUT2D eigenvalue weighted by atomic mass is 9.87. The van der Waals surface area contributed by atoms with E-state index in [2.05, 4.69) is 87.8 Å². The van der Waals surface area contributed by atoms with E-state index in [4.69, 9.17) is 10.4 Å². The topological polar surface area (TPSA) is 51.5 Å². The summed E-state index contributed by atoms with van der Waals surface area (Å²) in [5.74, 6) is 0.797. The molecule has 0 fully saturated rings. The normalized spacial score (nSPS) is 19.1. The van der Waals surface area contributed by atoms with Crippen molar-refractivity contribution in [3.8, 4) is 0 Å². The Bertz CT molecular complexity index is 1420. The number of hydrogen-bond donors (Lipinski definition) is 2. The molecule has 1 aromatic carbocycles. The second-order valence-corrected chi connectivity index (χ2v) is 14.4. The molecule has 1 unspecified atom stereocenters. The van der Waals surface area contributed by atoms with Crippen molar-refractivity contribution in [2.24, 2.45) is 10.4 Å². The summed E-state index contributed by atoms with van der Waals surface area (Å²) in [6.07, 6.45) is 20.8. The van der Waals surface area contributed by atoms with E-state index in [1.807, 2.05) is 19.9 Å². The van der Waals surface area contributed by atoms with E-state index < -0.39 is 0 Å². The molecule has 0 amide bonds. The highest BCUT2D eigenvalue weighted by atomic mass is 15.2. The lowest BCUT2D eigenvalue weighted by molar-refractivity contribution is 0.166. The third-order valence-electron chi connectivity index (χ3n) is 9.30. The minimum Gasteiger partial charge on any atom is -0.343 e. The number of hydrogen-bond acceptors (Lipinski definition) is 4. The highest BCUT2D eigenvalue weighted by Crippen LogP contribution is 2.34. The van der Waals surface area contributed by atoms with Crippen molar-refractivity contribution in [2.75, 3.05) is 13.1 Å². The first-order valence-corrected chi connectivity index (χ1v) is 16.8. The quantitative estimate of drug-likeness (QED) is 0.210. The summed E-state index contributed by atoms with van der Waals surface area (Å²) >= 11 is 0. The van der Waals surface area contributed by atoms with E-state index in [0.29, 0.717) is 11.5 Å². The summed E-state index contributed by atoms with van der Waals surface area (Å²) in [5.41, 5.74) is 12.9. The van der Waals surface area contributed by atoms with Gasteiger partial charge in [0.15, 0.2) is 0 Å². The smallest absolute Gasteiger partial charge is 0.130 e. The maximum atomic E-state index is 7.79. The van der Waals surface area contributed by atoms with Crippen LogP contribution in [0.2, 0.25) is 0 Å². The standard InChI is InChI=1S/C40H56N4/c1-28(2)37(26-41)31(5)42-39-21-10-9-20-38(43-39)36-19-11-14-29(3)35(36)18-13-16-32-15-12-17-34-27-44(23-22-33(34)24-32)30(4)25-40(6,7)8/h10-11,14,19-21,24,26,30,41H,1,9,12-13,15-18,22-23,25,27H2,2-8H3,(H,42,43)/b37-31+,41-26?. The van der Waals surface area contributed by atoms with Gasteiger partial charge in [-0.15, -0.1) is 0 Å². The van der Waals surface area contributed by atoms with E-state index in [-0.39, 0.29) is 0 Å². The number of nitrogens with one attached hydrogen (secondary N) is 2. The molecule has 0 saturated carbocycles. The lowest BCUT2D eigenvalue weighted by Crippen LogP contribution is -2.40. The largest absolute Gasteiger partial charge is 0.343 e. The maximum Gasteiger partial charge on any atom is 0.130 e. The molecule has 0 bridgehead atoms. The summed E-state index contributed by atoms with van der Waals surface area (Å²) in [6, 6.07) is 7.28. The summed E-state index contributed by atoms with van der Waals surface area (Å²) in [4.78, 5) is 7.81. The molecule has 44 heavy (non-hydrogen) atoms. The van der Waals surface area contributed by atoms with Gasteiger partial charge in [0.1, 0.15) is 5.84 Å². The number of aryl methyl sites for hydroxylation is 1.